The van der Waals surface area contributed by atoms with Crippen molar-refractivity contribution in [2.24, 2.45) is 0 Å². The van der Waals surface area contributed by atoms with Crippen molar-refractivity contribution in [2.45, 2.75) is 13.0 Å². The summed E-state index contributed by atoms with van der Waals surface area (Å²) in [5.74, 6) is 0.742. The minimum Gasteiger partial charge on any atom is -0.468 e. The Labute approximate surface area is 106 Å². The zero-order valence-electron chi connectivity index (χ0n) is 9.36. The van der Waals surface area contributed by atoms with Gasteiger partial charge < -0.3 is 9.73 Å². The van der Waals surface area contributed by atoms with E-state index in [2.05, 4.69) is 5.32 Å². The Morgan fingerprint density at radius 2 is 1.88 bits per heavy atom. The fourth-order valence-electron chi connectivity index (χ4n) is 1.51. The molecule has 1 aromatic carbocycles. The summed E-state index contributed by atoms with van der Waals surface area (Å²) in [4.78, 5) is 0. The number of halogens is 2. The maximum absolute atomic E-state index is 12.6. The van der Waals surface area contributed by atoms with Gasteiger partial charge in [0.1, 0.15) is 11.6 Å². The van der Waals surface area contributed by atoms with Crippen LogP contribution in [0.5, 0.6) is 0 Å². The molecular weight excluding hydrogens is 241 g/mol. The minimum atomic E-state index is -0.188. The van der Waals surface area contributed by atoms with E-state index >= 15 is 0 Å². The topological polar surface area (TPSA) is 25.2 Å². The van der Waals surface area contributed by atoms with Gasteiger partial charge >= 0.3 is 0 Å². The number of benzene rings is 1. The largest absolute Gasteiger partial charge is 0.468 e. The van der Waals surface area contributed by atoms with Gasteiger partial charge in [-0.25, -0.2) is 4.39 Å². The van der Waals surface area contributed by atoms with Crippen molar-refractivity contribution >= 4 is 12.4 Å². The summed E-state index contributed by atoms with van der Waals surface area (Å²) in [6, 6.07) is 10.4. The van der Waals surface area contributed by atoms with Gasteiger partial charge in [-0.15, -0.1) is 12.4 Å². The average molecular weight is 256 g/mol. The van der Waals surface area contributed by atoms with E-state index in [1.807, 2.05) is 24.3 Å². The van der Waals surface area contributed by atoms with Gasteiger partial charge in [0.2, 0.25) is 0 Å². The third kappa shape index (κ3) is 4.59. The van der Waals surface area contributed by atoms with Gasteiger partial charge in [0.05, 0.1) is 12.8 Å². The molecule has 0 atom stereocenters. The van der Waals surface area contributed by atoms with Crippen molar-refractivity contribution in [3.63, 3.8) is 0 Å². The summed E-state index contributed by atoms with van der Waals surface area (Å²) in [5.41, 5.74) is 1.13. The summed E-state index contributed by atoms with van der Waals surface area (Å²) in [7, 11) is 0. The van der Waals surface area contributed by atoms with Gasteiger partial charge in [-0.05, 0) is 42.8 Å². The first-order valence-corrected chi connectivity index (χ1v) is 5.32. The number of hydrogen-bond acceptors (Lipinski definition) is 2. The lowest BCUT2D eigenvalue weighted by Crippen LogP contribution is -2.16. The van der Waals surface area contributed by atoms with E-state index in [-0.39, 0.29) is 18.2 Å². The zero-order valence-corrected chi connectivity index (χ0v) is 10.2. The Kier molecular flexibility index (Phi) is 5.73. The van der Waals surface area contributed by atoms with Crippen LogP contribution in [0.2, 0.25) is 0 Å². The highest BCUT2D eigenvalue weighted by Crippen LogP contribution is 2.03. The third-order valence-electron chi connectivity index (χ3n) is 2.38. The Morgan fingerprint density at radius 1 is 1.12 bits per heavy atom. The molecule has 0 amide bonds. The predicted octanol–water partition coefficient (Wildman–Crippen LogP) is 3.17. The molecule has 0 saturated carbocycles. The van der Waals surface area contributed by atoms with Gasteiger partial charge in [0.25, 0.3) is 0 Å². The number of hydrogen-bond donors (Lipinski definition) is 1. The smallest absolute Gasteiger partial charge is 0.123 e. The molecule has 2 aromatic rings. The molecule has 2 rings (SSSR count). The van der Waals surface area contributed by atoms with E-state index in [0.717, 1.165) is 30.8 Å². The maximum Gasteiger partial charge on any atom is 0.123 e. The Hall–Kier alpha value is -1.32. The van der Waals surface area contributed by atoms with Crippen LogP contribution >= 0.6 is 12.4 Å². The van der Waals surface area contributed by atoms with E-state index < -0.39 is 0 Å². The first-order chi connectivity index (χ1) is 7.84. The lowest BCUT2D eigenvalue weighted by Gasteiger charge is -2.03. The molecule has 4 heteroatoms. The number of nitrogens with one attached hydrogen (secondary N) is 1. The highest BCUT2D eigenvalue weighted by Gasteiger charge is 1.96. The quantitative estimate of drug-likeness (QED) is 0.831. The van der Waals surface area contributed by atoms with E-state index in [4.69, 9.17) is 4.42 Å². The Balaban J connectivity index is 0.00000144. The van der Waals surface area contributed by atoms with Crippen molar-refractivity contribution in [2.75, 3.05) is 6.54 Å². The van der Waals surface area contributed by atoms with Gasteiger partial charge in [-0.3, -0.25) is 0 Å². The molecular formula is C13H15ClFNO. The molecule has 0 aliphatic heterocycles. The molecule has 0 fully saturated rings. The highest BCUT2D eigenvalue weighted by atomic mass is 35.5. The van der Waals surface area contributed by atoms with E-state index in [1.54, 1.807) is 6.26 Å². The van der Waals surface area contributed by atoms with Crippen LogP contribution in [0, 0.1) is 5.82 Å². The van der Waals surface area contributed by atoms with Crippen LogP contribution in [0.1, 0.15) is 11.3 Å². The predicted molar refractivity (Wildman–Crippen MR) is 67.8 cm³/mol. The molecule has 1 heterocycles. The molecule has 92 valence electrons. The van der Waals surface area contributed by atoms with E-state index in [9.17, 15) is 4.39 Å². The number of rotatable bonds is 5. The lowest BCUT2D eigenvalue weighted by molar-refractivity contribution is 0.484. The van der Waals surface area contributed by atoms with Crippen molar-refractivity contribution in [3.05, 3.63) is 59.8 Å². The van der Waals surface area contributed by atoms with Gasteiger partial charge in [-0.2, -0.15) is 0 Å². The molecule has 0 unspecified atom stereocenters. The minimum absolute atomic E-state index is 0. The molecule has 0 spiro atoms. The van der Waals surface area contributed by atoms with E-state index in [0.29, 0.717) is 0 Å². The van der Waals surface area contributed by atoms with Gasteiger partial charge in [0, 0.05) is 0 Å². The standard InChI is InChI=1S/C13H14FNO.ClH/c14-12-5-3-11(4-6-12)7-8-15-10-13-2-1-9-16-13;/h1-6,9,15H,7-8,10H2;1H. The Bertz CT molecular complexity index is 413. The highest BCUT2D eigenvalue weighted by molar-refractivity contribution is 5.85. The van der Waals surface area contributed by atoms with Crippen LogP contribution in [-0.2, 0) is 13.0 Å². The van der Waals surface area contributed by atoms with Crippen molar-refractivity contribution in [1.82, 2.24) is 5.32 Å². The number of furan rings is 1. The fraction of sp³-hybridized carbons (Fsp3) is 0.231. The fourth-order valence-corrected chi connectivity index (χ4v) is 1.51. The van der Waals surface area contributed by atoms with Gasteiger partial charge in [0.15, 0.2) is 0 Å². The molecule has 0 saturated heterocycles. The second kappa shape index (κ2) is 7.09. The van der Waals surface area contributed by atoms with Crippen LogP contribution < -0.4 is 5.32 Å². The van der Waals surface area contributed by atoms with Gasteiger partial charge in [-0.1, -0.05) is 12.1 Å². The molecule has 0 aliphatic carbocycles. The normalized spacial score (nSPS) is 9.94. The molecule has 1 N–H and O–H groups in total. The first-order valence-electron chi connectivity index (χ1n) is 5.32. The third-order valence-corrected chi connectivity index (χ3v) is 2.38. The van der Waals surface area contributed by atoms with Crippen molar-refractivity contribution in [3.8, 4) is 0 Å². The summed E-state index contributed by atoms with van der Waals surface area (Å²) >= 11 is 0. The van der Waals surface area contributed by atoms with Crippen LogP contribution in [0.4, 0.5) is 4.39 Å². The molecule has 2 nitrogen and oxygen atoms in total. The molecule has 1 aromatic heterocycles. The van der Waals surface area contributed by atoms with Crippen LogP contribution in [0.25, 0.3) is 0 Å². The summed E-state index contributed by atoms with van der Waals surface area (Å²) in [6.07, 6.45) is 2.55. The van der Waals surface area contributed by atoms with Crippen molar-refractivity contribution in [1.29, 1.82) is 0 Å². The zero-order chi connectivity index (χ0) is 11.2. The molecule has 0 bridgehead atoms. The lowest BCUT2D eigenvalue weighted by atomic mass is 10.1. The first kappa shape index (κ1) is 13.7. The monoisotopic (exact) mass is 255 g/mol. The average Bonchev–Trinajstić information content (AvgIpc) is 2.80. The molecule has 17 heavy (non-hydrogen) atoms. The maximum atomic E-state index is 12.6. The molecule has 0 radical (unpaired) electrons. The van der Waals surface area contributed by atoms with E-state index in [1.165, 1.54) is 12.1 Å². The Morgan fingerprint density at radius 3 is 2.53 bits per heavy atom. The summed E-state index contributed by atoms with van der Waals surface area (Å²) < 4.78 is 17.8. The summed E-state index contributed by atoms with van der Waals surface area (Å²) in [5, 5.41) is 3.26. The van der Waals surface area contributed by atoms with Crippen LogP contribution in [-0.4, -0.2) is 6.54 Å². The summed E-state index contributed by atoms with van der Waals surface area (Å²) in [6.45, 7) is 1.58. The SMILES string of the molecule is Cl.Fc1ccc(CCNCc2ccco2)cc1. The van der Waals surface area contributed by atoms with Crippen LogP contribution in [0.3, 0.4) is 0 Å². The van der Waals surface area contributed by atoms with Crippen LogP contribution in [0.15, 0.2) is 47.1 Å². The second-order valence-corrected chi connectivity index (χ2v) is 3.63. The molecule has 0 aliphatic rings. The van der Waals surface area contributed by atoms with Crippen molar-refractivity contribution < 1.29 is 8.81 Å². The second-order valence-electron chi connectivity index (χ2n) is 3.63.